The van der Waals surface area contributed by atoms with Gasteiger partial charge in [-0.3, -0.25) is 9.59 Å². The molecule has 0 saturated heterocycles. The first-order valence-electron chi connectivity index (χ1n) is 13.5. The van der Waals surface area contributed by atoms with E-state index >= 15 is 0 Å². The zero-order valence-electron chi connectivity index (χ0n) is 21.8. The lowest BCUT2D eigenvalue weighted by Gasteiger charge is -2.21. The van der Waals surface area contributed by atoms with Gasteiger partial charge in [-0.25, -0.2) is 0 Å². The van der Waals surface area contributed by atoms with Crippen molar-refractivity contribution < 1.29 is 19.1 Å². The Morgan fingerprint density at radius 3 is 2.30 bits per heavy atom. The molecule has 0 N–H and O–H groups in total. The highest BCUT2D eigenvalue weighted by Crippen LogP contribution is 2.30. The minimum Gasteiger partial charge on any atom is -0.463 e. The van der Waals surface area contributed by atoms with E-state index < -0.39 is 0 Å². The van der Waals surface area contributed by atoms with E-state index in [1.807, 2.05) is 13.8 Å². The van der Waals surface area contributed by atoms with Gasteiger partial charge >= 0.3 is 5.97 Å². The molecule has 0 radical (unpaired) electrons. The third-order valence-electron chi connectivity index (χ3n) is 6.03. The van der Waals surface area contributed by atoms with E-state index in [0.717, 1.165) is 50.5 Å². The fourth-order valence-corrected chi connectivity index (χ4v) is 4.17. The summed E-state index contributed by atoms with van der Waals surface area (Å²) < 4.78 is 11.4. The van der Waals surface area contributed by atoms with Crippen molar-refractivity contribution in [2.24, 2.45) is 5.92 Å². The molecule has 4 nitrogen and oxygen atoms in total. The number of rotatable bonds is 18. The number of ether oxygens (including phenoxy) is 2. The molecule has 0 aromatic heterocycles. The summed E-state index contributed by atoms with van der Waals surface area (Å²) in [5, 5.41) is 0. The Hall–Kier alpha value is -1.60. The Bertz CT molecular complexity index is 638. The monoisotopic (exact) mass is 460 g/mol. The van der Waals surface area contributed by atoms with Crippen LogP contribution in [-0.4, -0.2) is 30.6 Å². The molecule has 0 aromatic carbocycles. The molecule has 1 aliphatic carbocycles. The van der Waals surface area contributed by atoms with Crippen LogP contribution in [-0.2, 0) is 19.1 Å². The lowest BCUT2D eigenvalue weighted by atomic mass is 9.93. The van der Waals surface area contributed by atoms with Gasteiger partial charge in [-0.15, -0.1) is 0 Å². The third kappa shape index (κ3) is 13.6. The van der Waals surface area contributed by atoms with Gasteiger partial charge in [-0.1, -0.05) is 83.5 Å². The minimum atomic E-state index is -0.197. The van der Waals surface area contributed by atoms with Crippen LogP contribution in [0.3, 0.4) is 0 Å². The summed E-state index contributed by atoms with van der Waals surface area (Å²) in [5.74, 6) is 6.51. The number of ketones is 1. The number of hydrogen-bond acceptors (Lipinski definition) is 4. The summed E-state index contributed by atoms with van der Waals surface area (Å²) in [6.07, 6.45) is 17.1. The molecule has 0 unspecified atom stereocenters. The maximum absolute atomic E-state index is 12.7. The van der Waals surface area contributed by atoms with Gasteiger partial charge in [0.25, 0.3) is 0 Å². The molecule has 1 aliphatic rings. The van der Waals surface area contributed by atoms with E-state index in [4.69, 9.17) is 9.47 Å². The van der Waals surface area contributed by atoms with Gasteiger partial charge < -0.3 is 9.47 Å². The molecule has 0 amide bonds. The minimum absolute atomic E-state index is 0.0578. The Morgan fingerprint density at radius 1 is 0.939 bits per heavy atom. The predicted molar refractivity (Wildman–Crippen MR) is 136 cm³/mol. The quantitative estimate of drug-likeness (QED) is 0.122. The molecule has 0 spiro atoms. The van der Waals surface area contributed by atoms with Gasteiger partial charge in [0.2, 0.25) is 0 Å². The second-order valence-electron chi connectivity index (χ2n) is 9.56. The highest BCUT2D eigenvalue weighted by atomic mass is 16.5. The number of carbonyl (C=O) groups excluding carboxylic acids is 2. The van der Waals surface area contributed by atoms with Gasteiger partial charge in [0, 0.05) is 25.0 Å². The van der Waals surface area contributed by atoms with Gasteiger partial charge in [0.1, 0.15) is 6.10 Å². The molecule has 0 saturated carbocycles. The molecule has 0 fully saturated rings. The maximum Gasteiger partial charge on any atom is 0.306 e. The number of carbonyl (C=O) groups is 2. The van der Waals surface area contributed by atoms with E-state index in [1.165, 1.54) is 44.9 Å². The first-order valence-corrected chi connectivity index (χ1v) is 13.5. The molecule has 0 heterocycles. The van der Waals surface area contributed by atoms with Crippen LogP contribution in [0, 0.1) is 17.8 Å². The van der Waals surface area contributed by atoms with Gasteiger partial charge in [0.15, 0.2) is 5.78 Å². The third-order valence-corrected chi connectivity index (χ3v) is 6.03. The van der Waals surface area contributed by atoms with Gasteiger partial charge in [-0.05, 0) is 45.6 Å². The van der Waals surface area contributed by atoms with Crippen molar-refractivity contribution in [3.8, 4) is 11.8 Å². The van der Waals surface area contributed by atoms with Crippen molar-refractivity contribution in [2.75, 3.05) is 6.61 Å². The summed E-state index contributed by atoms with van der Waals surface area (Å²) in [4.78, 5) is 24.4. The van der Waals surface area contributed by atoms with Crippen LogP contribution in [0.2, 0.25) is 0 Å². The standard InChI is InChI=1S/C29H48O4/c1-5-7-9-11-13-15-19-25-23-27(30)26(20-16-12-10-8-6-2)29(25)32-22-18-14-17-21-28(31)33-24(3)4/h23-24,26,29H,5-14,16-18,20-22H2,1-4H3/t26-,29+/m0/s1. The number of allylic oxidation sites excluding steroid dienone is 1. The Balaban J connectivity index is 2.52. The highest BCUT2D eigenvalue weighted by molar-refractivity contribution is 5.97. The average molecular weight is 461 g/mol. The predicted octanol–water partition coefficient (Wildman–Crippen LogP) is 7.34. The smallest absolute Gasteiger partial charge is 0.306 e. The van der Waals surface area contributed by atoms with Crippen LogP contribution in [0.15, 0.2) is 11.6 Å². The van der Waals surface area contributed by atoms with Crippen molar-refractivity contribution in [2.45, 2.75) is 136 Å². The maximum atomic E-state index is 12.7. The lowest BCUT2D eigenvalue weighted by molar-refractivity contribution is -0.147. The van der Waals surface area contributed by atoms with Crippen LogP contribution in [0.4, 0.5) is 0 Å². The highest BCUT2D eigenvalue weighted by Gasteiger charge is 2.35. The number of hydrogen-bond donors (Lipinski definition) is 0. The molecule has 0 aromatic rings. The molecule has 33 heavy (non-hydrogen) atoms. The Kier molecular flexibility index (Phi) is 16.8. The molecule has 4 heteroatoms. The SMILES string of the molecule is CCCCCCC#CC1=CC(=O)[C@H](CCCCCCC)[C@@H]1OCCCCCC(=O)OC(C)C. The summed E-state index contributed by atoms with van der Waals surface area (Å²) in [5.41, 5.74) is 0.870. The van der Waals surface area contributed by atoms with Crippen molar-refractivity contribution in [1.29, 1.82) is 0 Å². The van der Waals surface area contributed by atoms with Crippen molar-refractivity contribution in [1.82, 2.24) is 0 Å². The zero-order chi connectivity index (χ0) is 24.3. The second-order valence-corrected chi connectivity index (χ2v) is 9.56. The van der Waals surface area contributed by atoms with E-state index in [0.29, 0.717) is 13.0 Å². The normalized spacial score (nSPS) is 17.7. The van der Waals surface area contributed by atoms with Crippen molar-refractivity contribution in [3.63, 3.8) is 0 Å². The van der Waals surface area contributed by atoms with Crippen molar-refractivity contribution in [3.05, 3.63) is 11.6 Å². The molecule has 0 aliphatic heterocycles. The van der Waals surface area contributed by atoms with E-state index in [9.17, 15) is 9.59 Å². The fourth-order valence-electron chi connectivity index (χ4n) is 4.17. The number of unbranched alkanes of at least 4 members (excludes halogenated alkanes) is 10. The van der Waals surface area contributed by atoms with Crippen LogP contribution in [0.5, 0.6) is 0 Å². The second kappa shape index (κ2) is 18.8. The Labute approximate surface area is 203 Å². The molecule has 1 rings (SSSR count). The van der Waals surface area contributed by atoms with Crippen LogP contribution in [0.1, 0.15) is 124 Å². The van der Waals surface area contributed by atoms with E-state index in [2.05, 4.69) is 25.7 Å². The molecule has 0 bridgehead atoms. The van der Waals surface area contributed by atoms with E-state index in [-0.39, 0.29) is 29.9 Å². The summed E-state index contributed by atoms with van der Waals surface area (Å²) in [6, 6.07) is 0. The first kappa shape index (κ1) is 29.4. The van der Waals surface area contributed by atoms with E-state index in [1.54, 1.807) is 6.08 Å². The average Bonchev–Trinajstić information content (AvgIpc) is 3.06. The first-order chi connectivity index (χ1) is 16.0. The summed E-state index contributed by atoms with van der Waals surface area (Å²) in [7, 11) is 0. The van der Waals surface area contributed by atoms with Gasteiger partial charge in [0.05, 0.1) is 12.0 Å². The lowest BCUT2D eigenvalue weighted by Crippen LogP contribution is -2.26. The van der Waals surface area contributed by atoms with Crippen LogP contribution in [0.25, 0.3) is 0 Å². The van der Waals surface area contributed by atoms with Gasteiger partial charge in [-0.2, -0.15) is 0 Å². The zero-order valence-corrected chi connectivity index (χ0v) is 21.8. The summed E-state index contributed by atoms with van der Waals surface area (Å²) in [6.45, 7) is 8.76. The number of esters is 1. The van der Waals surface area contributed by atoms with Crippen molar-refractivity contribution >= 4 is 11.8 Å². The molecule has 2 atom stereocenters. The molecule has 188 valence electrons. The molecular weight excluding hydrogens is 412 g/mol. The van der Waals surface area contributed by atoms with Crippen LogP contribution >= 0.6 is 0 Å². The van der Waals surface area contributed by atoms with Crippen LogP contribution < -0.4 is 0 Å². The fraction of sp³-hybridized carbons (Fsp3) is 0.793. The largest absolute Gasteiger partial charge is 0.463 e. The Morgan fingerprint density at radius 2 is 1.61 bits per heavy atom. The topological polar surface area (TPSA) is 52.6 Å². The molecular formula is C29H48O4. The summed E-state index contributed by atoms with van der Waals surface area (Å²) >= 11 is 0.